The van der Waals surface area contributed by atoms with Crippen molar-refractivity contribution in [1.29, 1.82) is 0 Å². The SMILES string of the molecule is Cc1ccc(C2=NN(C(=O)CN(CCN3CCOCC3)C(=O)CC(C)(C)C)[C@@H](c3ccc(F)cc3)C2)cc1C. The van der Waals surface area contributed by atoms with Crippen LogP contribution in [0.5, 0.6) is 0 Å². The van der Waals surface area contributed by atoms with E-state index in [2.05, 4.69) is 30.9 Å². The summed E-state index contributed by atoms with van der Waals surface area (Å²) in [6, 6.07) is 12.0. The van der Waals surface area contributed by atoms with Gasteiger partial charge in [-0.05, 0) is 59.7 Å². The highest BCUT2D eigenvalue weighted by molar-refractivity contribution is 6.03. The first-order chi connectivity index (χ1) is 18.5. The minimum Gasteiger partial charge on any atom is -0.379 e. The Balaban J connectivity index is 1.58. The van der Waals surface area contributed by atoms with E-state index in [1.54, 1.807) is 17.0 Å². The number of aryl methyl sites for hydroxylation is 2. The normalized spacial score (nSPS) is 18.3. The second-order valence-corrected chi connectivity index (χ2v) is 11.9. The Morgan fingerprint density at radius 1 is 1.05 bits per heavy atom. The molecule has 4 rings (SSSR count). The van der Waals surface area contributed by atoms with Crippen molar-refractivity contribution in [2.75, 3.05) is 45.9 Å². The Bertz CT molecular complexity index is 1200. The zero-order chi connectivity index (χ0) is 28.2. The quantitative estimate of drug-likeness (QED) is 0.490. The highest BCUT2D eigenvalue weighted by Gasteiger charge is 2.35. The van der Waals surface area contributed by atoms with Crippen LogP contribution in [0.2, 0.25) is 0 Å². The van der Waals surface area contributed by atoms with E-state index in [1.807, 2.05) is 26.8 Å². The fraction of sp³-hybridized carbons (Fsp3) is 0.516. The Morgan fingerprint density at radius 3 is 2.38 bits per heavy atom. The van der Waals surface area contributed by atoms with Crippen molar-refractivity contribution >= 4 is 17.5 Å². The average molecular weight is 537 g/mol. The molecule has 7 nitrogen and oxygen atoms in total. The molecule has 0 radical (unpaired) electrons. The number of benzene rings is 2. The van der Waals surface area contributed by atoms with Crippen molar-refractivity contribution in [3.63, 3.8) is 0 Å². The first kappa shape index (κ1) is 28.9. The number of rotatable bonds is 8. The molecular formula is C31H41FN4O3. The largest absolute Gasteiger partial charge is 0.379 e. The number of nitrogens with zero attached hydrogens (tertiary/aromatic N) is 4. The molecule has 0 spiro atoms. The Hall–Kier alpha value is -3.10. The highest BCUT2D eigenvalue weighted by atomic mass is 19.1. The number of halogens is 1. The summed E-state index contributed by atoms with van der Waals surface area (Å²) in [5, 5.41) is 6.29. The number of hydrogen-bond acceptors (Lipinski definition) is 5. The van der Waals surface area contributed by atoms with Gasteiger partial charge < -0.3 is 9.64 Å². The van der Waals surface area contributed by atoms with E-state index < -0.39 is 0 Å². The smallest absolute Gasteiger partial charge is 0.262 e. The third-order valence-corrected chi connectivity index (χ3v) is 7.41. The van der Waals surface area contributed by atoms with Gasteiger partial charge in [-0.25, -0.2) is 9.40 Å². The van der Waals surface area contributed by atoms with Crippen LogP contribution in [-0.4, -0.2) is 78.3 Å². The molecule has 1 fully saturated rings. The van der Waals surface area contributed by atoms with Gasteiger partial charge in [-0.3, -0.25) is 14.5 Å². The molecule has 210 valence electrons. The molecule has 8 heteroatoms. The van der Waals surface area contributed by atoms with Crippen LogP contribution in [0, 0.1) is 25.1 Å². The van der Waals surface area contributed by atoms with Crippen LogP contribution < -0.4 is 0 Å². The fourth-order valence-electron chi connectivity index (χ4n) is 4.96. The lowest BCUT2D eigenvalue weighted by Crippen LogP contribution is -2.47. The van der Waals surface area contributed by atoms with Crippen molar-refractivity contribution in [3.8, 4) is 0 Å². The van der Waals surface area contributed by atoms with Gasteiger partial charge >= 0.3 is 0 Å². The van der Waals surface area contributed by atoms with Gasteiger partial charge in [0.25, 0.3) is 5.91 Å². The summed E-state index contributed by atoms with van der Waals surface area (Å²) in [5.41, 5.74) is 4.73. The maximum atomic E-state index is 13.8. The number of ether oxygens (including phenoxy) is 1. The monoisotopic (exact) mass is 536 g/mol. The molecule has 0 bridgehead atoms. The maximum absolute atomic E-state index is 13.8. The number of morpholine rings is 1. The molecule has 1 saturated heterocycles. The first-order valence-corrected chi connectivity index (χ1v) is 13.8. The standard InChI is InChI=1S/C31H41FN4O3/c1-22-6-7-25(18-23(22)2)27-19-28(24-8-10-26(32)11-9-24)36(33-27)30(38)21-35(29(37)20-31(3,4)5)13-12-34-14-16-39-17-15-34/h6-11,18,28H,12-17,19-21H2,1-5H3/t28-/m1/s1. The summed E-state index contributed by atoms with van der Waals surface area (Å²) < 4.78 is 19.2. The molecule has 2 aliphatic heterocycles. The van der Waals surface area contributed by atoms with Crippen molar-refractivity contribution in [2.45, 2.75) is 53.5 Å². The lowest BCUT2D eigenvalue weighted by Gasteiger charge is -2.32. The molecule has 0 unspecified atom stereocenters. The molecule has 2 aliphatic rings. The van der Waals surface area contributed by atoms with Gasteiger partial charge in [0, 0.05) is 39.0 Å². The van der Waals surface area contributed by atoms with Crippen molar-refractivity contribution in [2.24, 2.45) is 10.5 Å². The second kappa shape index (κ2) is 12.4. The van der Waals surface area contributed by atoms with Gasteiger partial charge in [0.2, 0.25) is 5.91 Å². The summed E-state index contributed by atoms with van der Waals surface area (Å²) in [4.78, 5) is 31.1. The van der Waals surface area contributed by atoms with E-state index in [-0.39, 0.29) is 35.6 Å². The van der Waals surface area contributed by atoms with Crippen LogP contribution in [0.4, 0.5) is 4.39 Å². The lowest BCUT2D eigenvalue weighted by molar-refractivity contribution is -0.142. The molecular weight excluding hydrogens is 495 g/mol. The molecule has 0 saturated carbocycles. The summed E-state index contributed by atoms with van der Waals surface area (Å²) >= 11 is 0. The molecule has 2 aromatic rings. The topological polar surface area (TPSA) is 65.5 Å². The van der Waals surface area contributed by atoms with Crippen LogP contribution in [0.25, 0.3) is 0 Å². The van der Waals surface area contributed by atoms with Gasteiger partial charge in [0.15, 0.2) is 0 Å². The number of hydrazone groups is 1. The van der Waals surface area contributed by atoms with Crippen LogP contribution in [-0.2, 0) is 14.3 Å². The Labute approximate surface area is 231 Å². The van der Waals surface area contributed by atoms with Crippen LogP contribution >= 0.6 is 0 Å². The molecule has 0 aromatic heterocycles. The second-order valence-electron chi connectivity index (χ2n) is 11.9. The van der Waals surface area contributed by atoms with Crippen molar-refractivity contribution in [3.05, 3.63) is 70.5 Å². The number of amides is 2. The van der Waals surface area contributed by atoms with Gasteiger partial charge in [0.1, 0.15) is 12.4 Å². The van der Waals surface area contributed by atoms with Crippen LogP contribution in [0.3, 0.4) is 0 Å². The van der Waals surface area contributed by atoms with Crippen LogP contribution in [0.15, 0.2) is 47.6 Å². The highest BCUT2D eigenvalue weighted by Crippen LogP contribution is 2.33. The van der Waals surface area contributed by atoms with Crippen LogP contribution in [0.1, 0.15) is 61.9 Å². The summed E-state index contributed by atoms with van der Waals surface area (Å²) in [7, 11) is 0. The number of carbonyl (C=O) groups excluding carboxylic acids is 2. The summed E-state index contributed by atoms with van der Waals surface area (Å²) in [5.74, 6) is -0.612. The van der Waals surface area contributed by atoms with E-state index in [0.29, 0.717) is 39.1 Å². The van der Waals surface area contributed by atoms with Gasteiger partial charge in [-0.1, -0.05) is 45.0 Å². The molecule has 0 aliphatic carbocycles. The maximum Gasteiger partial charge on any atom is 0.262 e. The lowest BCUT2D eigenvalue weighted by atomic mass is 9.91. The Morgan fingerprint density at radius 2 is 1.74 bits per heavy atom. The zero-order valence-electron chi connectivity index (χ0n) is 23.9. The third kappa shape index (κ3) is 7.73. The summed E-state index contributed by atoms with van der Waals surface area (Å²) in [6.45, 7) is 14.3. The van der Waals surface area contributed by atoms with Gasteiger partial charge in [0.05, 0.1) is 25.0 Å². The Kier molecular flexibility index (Phi) is 9.18. The first-order valence-electron chi connectivity index (χ1n) is 13.8. The predicted molar refractivity (Wildman–Crippen MR) is 151 cm³/mol. The predicted octanol–water partition coefficient (Wildman–Crippen LogP) is 4.72. The molecule has 0 N–H and O–H groups in total. The van der Waals surface area contributed by atoms with E-state index in [0.717, 1.165) is 35.5 Å². The molecule has 2 amide bonds. The van der Waals surface area contributed by atoms with E-state index in [4.69, 9.17) is 9.84 Å². The number of carbonyl (C=O) groups is 2. The molecule has 39 heavy (non-hydrogen) atoms. The van der Waals surface area contributed by atoms with Gasteiger partial charge in [-0.15, -0.1) is 0 Å². The molecule has 2 heterocycles. The van der Waals surface area contributed by atoms with E-state index in [9.17, 15) is 14.0 Å². The summed E-state index contributed by atoms with van der Waals surface area (Å²) in [6.07, 6.45) is 0.867. The number of hydrogen-bond donors (Lipinski definition) is 0. The molecule has 1 atom stereocenters. The van der Waals surface area contributed by atoms with Crippen molar-refractivity contribution < 1.29 is 18.7 Å². The molecule has 2 aromatic carbocycles. The fourth-order valence-corrected chi connectivity index (χ4v) is 4.96. The third-order valence-electron chi connectivity index (χ3n) is 7.41. The van der Waals surface area contributed by atoms with E-state index >= 15 is 0 Å². The minimum atomic E-state index is -0.367. The van der Waals surface area contributed by atoms with E-state index in [1.165, 1.54) is 22.7 Å². The minimum absolute atomic E-state index is 0.0417. The van der Waals surface area contributed by atoms with Crippen molar-refractivity contribution in [1.82, 2.24) is 14.8 Å². The van der Waals surface area contributed by atoms with Gasteiger partial charge in [-0.2, -0.15) is 5.10 Å². The average Bonchev–Trinajstić information content (AvgIpc) is 3.34. The zero-order valence-corrected chi connectivity index (χ0v) is 23.9.